The van der Waals surface area contributed by atoms with Crippen molar-refractivity contribution in [2.45, 2.75) is 132 Å². The van der Waals surface area contributed by atoms with E-state index in [9.17, 15) is 0 Å². The first-order valence-electron chi connectivity index (χ1n) is 24.7. The largest absolute Gasteiger partial charge is 0.0836 e. The highest BCUT2D eigenvalue weighted by Gasteiger charge is 2.42. The zero-order chi connectivity index (χ0) is 46.0. The molecule has 1 saturated carbocycles. The maximum Gasteiger partial charge on any atom is 0.0210 e. The van der Waals surface area contributed by atoms with Crippen LogP contribution in [0.25, 0.3) is 38.6 Å². The molecule has 2 atom stereocenters. The van der Waals surface area contributed by atoms with Crippen LogP contribution in [-0.4, -0.2) is 0 Å². The molecule has 0 radical (unpaired) electrons. The standard InChI is InChI=1S/C41H44.C17H20.C7H8/c1-9-41(10-2)38-24-31(18-20-35(38)40-34-14-12-11-13-32(34)28(6)23-39(40)41)29(7)30(8)33-19-16-26(4)22-37(33)36-21-25(3)15-17-27(36)5;1-12-7-10-15(13(2)11-12)17-6-4-3-5-16(17)14-8-9-14;1-7-5-3-2-4-6-7/h11-24,29-30H,9-10H2,1-8H3;4,6-7,10-11,14H,3,5,8-9H2,1-2H3;2-6H,1H3. The fraction of sp³-hybridized carbons (Fsp3) is 0.323. The average Bonchev–Trinajstić information content (AvgIpc) is 4.13. The second-order valence-electron chi connectivity index (χ2n) is 19.9. The molecule has 7 aromatic rings. The highest BCUT2D eigenvalue weighted by molar-refractivity contribution is 6.04. The molecular weight excluding hydrogens is 781 g/mol. The van der Waals surface area contributed by atoms with Gasteiger partial charge < -0.3 is 0 Å². The number of benzene rings is 7. The lowest BCUT2D eigenvalue weighted by Gasteiger charge is -2.31. The van der Waals surface area contributed by atoms with Gasteiger partial charge in [0.15, 0.2) is 0 Å². The lowest BCUT2D eigenvalue weighted by molar-refractivity contribution is 0.489. The second kappa shape index (κ2) is 19.4. The summed E-state index contributed by atoms with van der Waals surface area (Å²) in [4.78, 5) is 0. The Bertz CT molecular complexity index is 2890. The smallest absolute Gasteiger partial charge is 0.0210 e. The Hall–Kier alpha value is -5.72. The van der Waals surface area contributed by atoms with E-state index < -0.39 is 0 Å². The summed E-state index contributed by atoms with van der Waals surface area (Å²) in [6.45, 7) is 25.1. The van der Waals surface area contributed by atoms with Gasteiger partial charge in [0.05, 0.1) is 0 Å². The Morgan fingerprint density at radius 2 is 1.14 bits per heavy atom. The molecule has 0 saturated heterocycles. The van der Waals surface area contributed by atoms with E-state index in [2.05, 4.69) is 204 Å². The molecule has 2 unspecified atom stereocenters. The van der Waals surface area contributed by atoms with Gasteiger partial charge in [-0.1, -0.05) is 201 Å². The van der Waals surface area contributed by atoms with Gasteiger partial charge >= 0.3 is 0 Å². The lowest BCUT2D eigenvalue weighted by atomic mass is 9.72. The van der Waals surface area contributed by atoms with Crippen LogP contribution in [0.4, 0.5) is 0 Å². The van der Waals surface area contributed by atoms with Crippen LogP contribution in [0.2, 0.25) is 0 Å². The number of allylic oxidation sites excluding steroid dienone is 4. The number of rotatable bonds is 8. The molecule has 0 amide bonds. The van der Waals surface area contributed by atoms with Crippen molar-refractivity contribution < 1.29 is 0 Å². The van der Waals surface area contributed by atoms with E-state index >= 15 is 0 Å². The average molecular weight is 853 g/mol. The lowest BCUT2D eigenvalue weighted by Crippen LogP contribution is -2.23. The van der Waals surface area contributed by atoms with E-state index in [0.29, 0.717) is 11.8 Å². The van der Waals surface area contributed by atoms with Crippen LogP contribution in [0.1, 0.15) is 145 Å². The van der Waals surface area contributed by atoms with E-state index in [1.54, 1.807) is 5.57 Å². The van der Waals surface area contributed by atoms with Crippen molar-refractivity contribution in [1.29, 1.82) is 0 Å². The Morgan fingerprint density at radius 1 is 0.508 bits per heavy atom. The molecule has 332 valence electrons. The summed E-state index contributed by atoms with van der Waals surface area (Å²) >= 11 is 0. The van der Waals surface area contributed by atoms with Crippen molar-refractivity contribution in [2.75, 3.05) is 0 Å². The highest BCUT2D eigenvalue weighted by atomic mass is 14.4. The molecule has 0 bridgehead atoms. The second-order valence-corrected chi connectivity index (χ2v) is 19.9. The highest BCUT2D eigenvalue weighted by Crippen LogP contribution is 2.56. The first-order valence-corrected chi connectivity index (χ1v) is 24.7. The van der Waals surface area contributed by atoms with E-state index in [-0.39, 0.29) is 5.41 Å². The van der Waals surface area contributed by atoms with Gasteiger partial charge in [-0.15, -0.1) is 0 Å². The topological polar surface area (TPSA) is 0 Å². The van der Waals surface area contributed by atoms with Crippen LogP contribution >= 0.6 is 0 Å². The Balaban J connectivity index is 0.000000195. The SMILES string of the molecule is CCC1(CC)c2cc(C(C)C(C)c3ccc(C)cc3-c3cc(C)ccc3C)ccc2-c2c1cc(C)c1ccccc21.Cc1ccc(C2=C(C3CC3)CCC=C2)c(C)c1.Cc1ccccc1. The van der Waals surface area contributed by atoms with Gasteiger partial charge in [0.1, 0.15) is 0 Å². The monoisotopic (exact) mass is 853 g/mol. The zero-order valence-electron chi connectivity index (χ0n) is 41.3. The minimum absolute atomic E-state index is 0.0616. The van der Waals surface area contributed by atoms with Crippen molar-refractivity contribution in [2.24, 2.45) is 5.92 Å². The molecule has 3 aliphatic carbocycles. The first kappa shape index (κ1) is 45.8. The van der Waals surface area contributed by atoms with E-state index in [4.69, 9.17) is 0 Å². The maximum atomic E-state index is 2.58. The van der Waals surface area contributed by atoms with Gasteiger partial charge in [-0.25, -0.2) is 0 Å². The zero-order valence-corrected chi connectivity index (χ0v) is 41.3. The summed E-state index contributed by atoms with van der Waals surface area (Å²) < 4.78 is 0. The quantitative estimate of drug-likeness (QED) is 0.143. The predicted molar refractivity (Wildman–Crippen MR) is 284 cm³/mol. The van der Waals surface area contributed by atoms with Gasteiger partial charge in [-0.05, 0) is 188 Å². The van der Waals surface area contributed by atoms with Gasteiger partial charge in [-0.3, -0.25) is 0 Å². The molecule has 0 spiro atoms. The van der Waals surface area contributed by atoms with Gasteiger partial charge in [0.2, 0.25) is 0 Å². The van der Waals surface area contributed by atoms with Gasteiger partial charge in [0.25, 0.3) is 0 Å². The molecule has 10 rings (SSSR count). The normalized spacial score (nSPS) is 15.6. The Labute approximate surface area is 392 Å². The fourth-order valence-corrected chi connectivity index (χ4v) is 11.2. The summed E-state index contributed by atoms with van der Waals surface area (Å²) in [7, 11) is 0. The number of aryl methyl sites for hydroxylation is 7. The molecular formula is C65H72. The summed E-state index contributed by atoms with van der Waals surface area (Å²) in [5, 5.41) is 2.78. The summed E-state index contributed by atoms with van der Waals surface area (Å²) in [5.74, 6) is 1.67. The molecule has 0 N–H and O–H groups in total. The number of hydrogen-bond donors (Lipinski definition) is 0. The third-order valence-electron chi connectivity index (χ3n) is 15.4. The van der Waals surface area contributed by atoms with Crippen LogP contribution < -0.4 is 0 Å². The predicted octanol–water partition coefficient (Wildman–Crippen LogP) is 18.5. The number of fused-ring (bicyclic) bond motifs is 5. The van der Waals surface area contributed by atoms with E-state index in [1.165, 1.54) is 131 Å². The first-order chi connectivity index (χ1) is 31.3. The van der Waals surface area contributed by atoms with Crippen LogP contribution in [0.5, 0.6) is 0 Å². The summed E-state index contributed by atoms with van der Waals surface area (Å²) in [6, 6.07) is 50.0. The van der Waals surface area contributed by atoms with Crippen molar-refractivity contribution in [3.05, 3.63) is 218 Å². The van der Waals surface area contributed by atoms with Crippen LogP contribution in [-0.2, 0) is 5.41 Å². The third kappa shape index (κ3) is 9.25. The third-order valence-corrected chi connectivity index (χ3v) is 15.4. The molecule has 0 nitrogen and oxygen atoms in total. The molecule has 1 fully saturated rings. The van der Waals surface area contributed by atoms with Crippen LogP contribution in [0.3, 0.4) is 0 Å². The van der Waals surface area contributed by atoms with Crippen molar-refractivity contribution >= 4 is 16.3 Å². The minimum Gasteiger partial charge on any atom is -0.0836 e. The molecule has 0 heteroatoms. The molecule has 3 aliphatic rings. The number of hydrogen-bond acceptors (Lipinski definition) is 0. The van der Waals surface area contributed by atoms with Gasteiger partial charge in [-0.2, -0.15) is 0 Å². The van der Waals surface area contributed by atoms with Gasteiger partial charge in [0, 0.05) is 5.41 Å². The minimum atomic E-state index is 0.0616. The molecule has 0 aliphatic heterocycles. The van der Waals surface area contributed by atoms with Crippen LogP contribution in [0.15, 0.2) is 151 Å². The van der Waals surface area contributed by atoms with Crippen molar-refractivity contribution in [1.82, 2.24) is 0 Å². The molecule has 65 heavy (non-hydrogen) atoms. The van der Waals surface area contributed by atoms with E-state index in [1.807, 2.05) is 18.2 Å². The molecule has 0 aromatic heterocycles. The van der Waals surface area contributed by atoms with E-state index in [0.717, 1.165) is 18.8 Å². The van der Waals surface area contributed by atoms with Crippen molar-refractivity contribution in [3.63, 3.8) is 0 Å². The molecule has 7 aromatic carbocycles. The van der Waals surface area contributed by atoms with Crippen LogP contribution in [0, 0.1) is 54.4 Å². The fourth-order valence-electron chi connectivity index (χ4n) is 11.2. The van der Waals surface area contributed by atoms with Crippen molar-refractivity contribution in [3.8, 4) is 22.3 Å². The Kier molecular flexibility index (Phi) is 13.7. The Morgan fingerprint density at radius 3 is 1.80 bits per heavy atom. The molecule has 0 heterocycles. The maximum absolute atomic E-state index is 2.58. The summed E-state index contributed by atoms with van der Waals surface area (Å²) in [5.41, 5.74) is 25.8. The summed E-state index contributed by atoms with van der Waals surface area (Å²) in [6.07, 6.45) is 12.3.